The predicted molar refractivity (Wildman–Crippen MR) is 93.0 cm³/mol. The Hall–Kier alpha value is -1.03. The highest BCUT2D eigenvalue weighted by atomic mass is 79.9. The lowest BCUT2D eigenvalue weighted by molar-refractivity contribution is 0.199. The SMILES string of the molecule is CC(O)c1cc(Br)ccc1N(C)C(C)c1ccccc1Cl. The molecule has 0 spiro atoms. The molecule has 0 amide bonds. The van der Waals surface area contributed by atoms with Crippen LogP contribution in [0.5, 0.6) is 0 Å². The third-order valence-electron chi connectivity index (χ3n) is 3.76. The van der Waals surface area contributed by atoms with Crippen molar-refractivity contribution < 1.29 is 5.11 Å². The fourth-order valence-electron chi connectivity index (χ4n) is 2.41. The largest absolute Gasteiger partial charge is 0.389 e. The first-order chi connectivity index (χ1) is 9.91. The van der Waals surface area contributed by atoms with Crippen molar-refractivity contribution in [2.45, 2.75) is 26.0 Å². The van der Waals surface area contributed by atoms with Crippen LogP contribution in [0.2, 0.25) is 5.02 Å². The Balaban J connectivity index is 2.40. The molecule has 0 aromatic heterocycles. The summed E-state index contributed by atoms with van der Waals surface area (Å²) < 4.78 is 0.959. The van der Waals surface area contributed by atoms with E-state index in [1.54, 1.807) is 6.92 Å². The molecule has 0 heterocycles. The van der Waals surface area contributed by atoms with E-state index < -0.39 is 6.10 Å². The minimum atomic E-state index is -0.529. The van der Waals surface area contributed by atoms with Gasteiger partial charge in [-0.1, -0.05) is 45.7 Å². The number of hydrogen-bond acceptors (Lipinski definition) is 2. The zero-order valence-electron chi connectivity index (χ0n) is 12.3. The van der Waals surface area contributed by atoms with Crippen LogP contribution < -0.4 is 4.90 Å². The summed E-state index contributed by atoms with van der Waals surface area (Å²) in [5, 5.41) is 10.8. The van der Waals surface area contributed by atoms with Crippen LogP contribution in [0.15, 0.2) is 46.9 Å². The Morgan fingerprint density at radius 3 is 2.38 bits per heavy atom. The number of aliphatic hydroxyl groups excluding tert-OH is 1. The molecule has 2 aromatic rings. The van der Waals surface area contributed by atoms with Gasteiger partial charge in [0, 0.05) is 27.8 Å². The van der Waals surface area contributed by atoms with Crippen molar-refractivity contribution >= 4 is 33.2 Å². The average molecular weight is 369 g/mol. The molecule has 2 atom stereocenters. The van der Waals surface area contributed by atoms with Gasteiger partial charge >= 0.3 is 0 Å². The molecule has 112 valence electrons. The summed E-state index contributed by atoms with van der Waals surface area (Å²) in [5.74, 6) is 0. The summed E-state index contributed by atoms with van der Waals surface area (Å²) in [6, 6.07) is 13.9. The molecule has 0 saturated heterocycles. The van der Waals surface area contributed by atoms with Gasteiger partial charge in [-0.25, -0.2) is 0 Å². The van der Waals surface area contributed by atoms with E-state index in [2.05, 4.69) is 27.8 Å². The first kappa shape index (κ1) is 16.3. The molecule has 1 N–H and O–H groups in total. The zero-order chi connectivity index (χ0) is 15.6. The maximum atomic E-state index is 10.0. The number of halogens is 2. The van der Waals surface area contributed by atoms with Gasteiger partial charge in [0.1, 0.15) is 0 Å². The van der Waals surface area contributed by atoms with Crippen molar-refractivity contribution in [1.82, 2.24) is 0 Å². The molecule has 2 unspecified atom stereocenters. The van der Waals surface area contributed by atoms with Crippen LogP contribution in [0.1, 0.15) is 37.1 Å². The standard InChI is InChI=1S/C17H19BrClNO/c1-11(14-6-4-5-7-16(14)19)20(3)17-9-8-13(18)10-15(17)12(2)21/h4-12,21H,1-3H3. The topological polar surface area (TPSA) is 23.5 Å². The molecule has 2 nitrogen and oxygen atoms in total. The molecule has 0 fully saturated rings. The van der Waals surface area contributed by atoms with E-state index >= 15 is 0 Å². The van der Waals surface area contributed by atoms with Crippen LogP contribution in [-0.4, -0.2) is 12.2 Å². The highest BCUT2D eigenvalue weighted by Gasteiger charge is 2.19. The minimum absolute atomic E-state index is 0.109. The molecule has 4 heteroatoms. The lowest BCUT2D eigenvalue weighted by Gasteiger charge is -2.30. The summed E-state index contributed by atoms with van der Waals surface area (Å²) >= 11 is 9.75. The van der Waals surface area contributed by atoms with Crippen molar-refractivity contribution in [2.75, 3.05) is 11.9 Å². The van der Waals surface area contributed by atoms with Gasteiger partial charge in [0.05, 0.1) is 12.1 Å². The fourth-order valence-corrected chi connectivity index (χ4v) is 3.08. The number of nitrogens with zero attached hydrogens (tertiary/aromatic N) is 1. The van der Waals surface area contributed by atoms with Crippen LogP contribution >= 0.6 is 27.5 Å². The van der Waals surface area contributed by atoms with Gasteiger partial charge < -0.3 is 10.0 Å². The molecular weight excluding hydrogens is 350 g/mol. The third-order valence-corrected chi connectivity index (χ3v) is 4.59. The molecule has 2 rings (SSSR count). The van der Waals surface area contributed by atoms with Crippen LogP contribution in [0, 0.1) is 0 Å². The maximum Gasteiger partial charge on any atom is 0.0782 e. The second kappa shape index (κ2) is 6.82. The van der Waals surface area contributed by atoms with E-state index in [9.17, 15) is 5.11 Å². The van der Waals surface area contributed by atoms with E-state index in [0.29, 0.717) is 0 Å². The minimum Gasteiger partial charge on any atom is -0.389 e. The first-order valence-corrected chi connectivity index (χ1v) is 8.03. The Kier molecular flexibility index (Phi) is 5.31. The van der Waals surface area contributed by atoms with Gasteiger partial charge in [-0.05, 0) is 43.7 Å². The molecule has 0 saturated carbocycles. The van der Waals surface area contributed by atoms with Crippen molar-refractivity contribution in [3.8, 4) is 0 Å². The van der Waals surface area contributed by atoms with Gasteiger partial charge in [-0.3, -0.25) is 0 Å². The maximum absolute atomic E-state index is 10.0. The lowest BCUT2D eigenvalue weighted by atomic mass is 10.0. The predicted octanol–water partition coefficient (Wildman–Crippen LogP) is 5.35. The van der Waals surface area contributed by atoms with Gasteiger partial charge in [-0.2, -0.15) is 0 Å². The van der Waals surface area contributed by atoms with E-state index in [1.165, 1.54) is 0 Å². The second-order valence-electron chi connectivity index (χ2n) is 5.19. The fraction of sp³-hybridized carbons (Fsp3) is 0.294. The highest BCUT2D eigenvalue weighted by molar-refractivity contribution is 9.10. The molecule has 0 aliphatic heterocycles. The number of anilines is 1. The summed E-state index contributed by atoms with van der Waals surface area (Å²) in [7, 11) is 2.02. The Morgan fingerprint density at radius 1 is 1.10 bits per heavy atom. The first-order valence-electron chi connectivity index (χ1n) is 6.86. The molecule has 0 aliphatic rings. The van der Waals surface area contributed by atoms with Gasteiger partial charge in [0.2, 0.25) is 0 Å². The molecule has 0 bridgehead atoms. The summed E-state index contributed by atoms with van der Waals surface area (Å²) in [6.45, 7) is 3.88. The summed E-state index contributed by atoms with van der Waals surface area (Å²) in [4.78, 5) is 2.13. The lowest BCUT2D eigenvalue weighted by Crippen LogP contribution is -2.23. The highest BCUT2D eigenvalue weighted by Crippen LogP contribution is 2.35. The Bertz CT molecular complexity index is 630. The van der Waals surface area contributed by atoms with Crippen molar-refractivity contribution in [1.29, 1.82) is 0 Å². The van der Waals surface area contributed by atoms with E-state index in [4.69, 9.17) is 11.6 Å². The van der Waals surface area contributed by atoms with Crippen molar-refractivity contribution in [2.24, 2.45) is 0 Å². The van der Waals surface area contributed by atoms with Crippen LogP contribution in [0.4, 0.5) is 5.69 Å². The number of rotatable bonds is 4. The van der Waals surface area contributed by atoms with Crippen LogP contribution in [-0.2, 0) is 0 Å². The van der Waals surface area contributed by atoms with Crippen LogP contribution in [0.3, 0.4) is 0 Å². The quantitative estimate of drug-likeness (QED) is 0.786. The average Bonchev–Trinajstić information content (AvgIpc) is 2.46. The molecule has 2 aromatic carbocycles. The van der Waals surface area contributed by atoms with Gasteiger partial charge in [0.15, 0.2) is 0 Å². The molecule has 0 radical (unpaired) electrons. The summed E-state index contributed by atoms with van der Waals surface area (Å²) in [5.41, 5.74) is 2.97. The number of aliphatic hydroxyl groups is 1. The van der Waals surface area contributed by atoms with Crippen molar-refractivity contribution in [3.05, 3.63) is 63.1 Å². The van der Waals surface area contributed by atoms with E-state index in [0.717, 1.165) is 26.3 Å². The molecule has 21 heavy (non-hydrogen) atoms. The monoisotopic (exact) mass is 367 g/mol. The van der Waals surface area contributed by atoms with Gasteiger partial charge in [0.25, 0.3) is 0 Å². The Labute approximate surface area is 139 Å². The van der Waals surface area contributed by atoms with Crippen LogP contribution in [0.25, 0.3) is 0 Å². The second-order valence-corrected chi connectivity index (χ2v) is 6.51. The van der Waals surface area contributed by atoms with E-state index in [1.807, 2.05) is 49.5 Å². The number of benzene rings is 2. The smallest absolute Gasteiger partial charge is 0.0782 e. The molecular formula is C17H19BrClNO. The third kappa shape index (κ3) is 3.60. The molecule has 0 aliphatic carbocycles. The number of hydrogen-bond donors (Lipinski definition) is 1. The Morgan fingerprint density at radius 2 is 1.76 bits per heavy atom. The summed E-state index contributed by atoms with van der Waals surface area (Å²) in [6.07, 6.45) is -0.529. The van der Waals surface area contributed by atoms with Gasteiger partial charge in [-0.15, -0.1) is 0 Å². The van der Waals surface area contributed by atoms with E-state index in [-0.39, 0.29) is 6.04 Å². The normalized spacial score (nSPS) is 13.8. The van der Waals surface area contributed by atoms with Crippen molar-refractivity contribution in [3.63, 3.8) is 0 Å². The zero-order valence-corrected chi connectivity index (χ0v) is 14.7.